The van der Waals surface area contributed by atoms with Gasteiger partial charge in [-0.15, -0.1) is 0 Å². The highest BCUT2D eigenvalue weighted by Gasteiger charge is 2.13. The fourth-order valence-electron chi connectivity index (χ4n) is 2.54. The molecule has 2 heteroatoms. The van der Waals surface area contributed by atoms with Crippen molar-refractivity contribution in [1.82, 2.24) is 0 Å². The number of nitrogens with two attached hydrogens (primary N) is 1. The second kappa shape index (κ2) is 6.77. The molecule has 0 bridgehead atoms. The van der Waals surface area contributed by atoms with Crippen molar-refractivity contribution in [2.24, 2.45) is 5.73 Å². The average molecular weight is 283 g/mol. The van der Waals surface area contributed by atoms with E-state index >= 15 is 0 Å². The predicted molar refractivity (Wildman–Crippen MR) is 88.9 cm³/mol. The Morgan fingerprint density at radius 2 is 1.76 bits per heavy atom. The van der Waals surface area contributed by atoms with Crippen LogP contribution in [0.5, 0.6) is 5.75 Å². The molecule has 0 aromatic heterocycles. The molecule has 112 valence electrons. The van der Waals surface area contributed by atoms with Crippen molar-refractivity contribution in [3.63, 3.8) is 0 Å². The summed E-state index contributed by atoms with van der Waals surface area (Å²) in [6.07, 6.45) is 0.824. The maximum atomic E-state index is 6.44. The third kappa shape index (κ3) is 3.85. The molecule has 0 spiro atoms. The van der Waals surface area contributed by atoms with Gasteiger partial charge >= 0.3 is 0 Å². The normalized spacial score (nSPS) is 12.2. The van der Waals surface area contributed by atoms with Gasteiger partial charge in [-0.25, -0.2) is 0 Å². The molecule has 0 saturated heterocycles. The highest BCUT2D eigenvalue weighted by molar-refractivity contribution is 5.40. The molecular formula is C19H25NO. The SMILES string of the molecule is CCOc1ccc(C)cc1C(N)Cc1ccc(C)c(C)c1. The third-order valence-electron chi connectivity index (χ3n) is 3.89. The largest absolute Gasteiger partial charge is 0.494 e. The maximum absolute atomic E-state index is 6.44. The number of rotatable bonds is 5. The molecule has 0 heterocycles. The van der Waals surface area contributed by atoms with Crippen LogP contribution in [0.25, 0.3) is 0 Å². The Labute approximate surface area is 127 Å². The van der Waals surface area contributed by atoms with Gasteiger partial charge in [0.2, 0.25) is 0 Å². The van der Waals surface area contributed by atoms with Crippen molar-refractivity contribution in [3.05, 3.63) is 64.2 Å². The molecule has 2 aromatic rings. The summed E-state index contributed by atoms with van der Waals surface area (Å²) in [5.74, 6) is 0.902. The van der Waals surface area contributed by atoms with Crippen LogP contribution in [-0.2, 0) is 6.42 Å². The standard InChI is InChI=1S/C19H25NO/c1-5-21-19-9-6-13(2)10-17(19)18(20)12-16-8-7-14(3)15(4)11-16/h6-11,18H,5,12,20H2,1-4H3. The first-order valence-corrected chi connectivity index (χ1v) is 7.56. The number of benzene rings is 2. The molecule has 2 rings (SSSR count). The van der Waals surface area contributed by atoms with E-state index in [9.17, 15) is 0 Å². The first kappa shape index (κ1) is 15.6. The lowest BCUT2D eigenvalue weighted by Gasteiger charge is -2.18. The number of hydrogen-bond acceptors (Lipinski definition) is 2. The first-order valence-electron chi connectivity index (χ1n) is 7.56. The van der Waals surface area contributed by atoms with Crippen molar-refractivity contribution in [1.29, 1.82) is 0 Å². The second-order valence-corrected chi connectivity index (χ2v) is 5.70. The summed E-state index contributed by atoms with van der Waals surface area (Å²) in [7, 11) is 0. The van der Waals surface area contributed by atoms with Crippen LogP contribution in [-0.4, -0.2) is 6.61 Å². The Morgan fingerprint density at radius 1 is 1.00 bits per heavy atom. The van der Waals surface area contributed by atoms with Crippen LogP contribution in [0.15, 0.2) is 36.4 Å². The first-order chi connectivity index (χ1) is 10.0. The maximum Gasteiger partial charge on any atom is 0.124 e. The molecule has 2 aromatic carbocycles. The van der Waals surface area contributed by atoms with Gasteiger partial charge in [0.15, 0.2) is 0 Å². The summed E-state index contributed by atoms with van der Waals surface area (Å²) in [6, 6.07) is 12.7. The zero-order chi connectivity index (χ0) is 15.4. The zero-order valence-corrected chi connectivity index (χ0v) is 13.4. The molecule has 21 heavy (non-hydrogen) atoms. The second-order valence-electron chi connectivity index (χ2n) is 5.70. The van der Waals surface area contributed by atoms with Crippen LogP contribution >= 0.6 is 0 Å². The minimum atomic E-state index is -0.0476. The molecule has 0 aliphatic carbocycles. The Balaban J connectivity index is 2.24. The van der Waals surface area contributed by atoms with Crippen molar-refractivity contribution in [3.8, 4) is 5.75 Å². The van der Waals surface area contributed by atoms with Crippen molar-refractivity contribution in [2.45, 2.75) is 40.2 Å². The van der Waals surface area contributed by atoms with Crippen molar-refractivity contribution in [2.75, 3.05) is 6.61 Å². The van der Waals surface area contributed by atoms with Crippen molar-refractivity contribution < 1.29 is 4.74 Å². The van der Waals surface area contributed by atoms with Gasteiger partial charge in [-0.05, 0) is 56.9 Å². The van der Waals surface area contributed by atoms with E-state index in [1.807, 2.05) is 13.0 Å². The van der Waals surface area contributed by atoms with Crippen LogP contribution < -0.4 is 10.5 Å². The highest BCUT2D eigenvalue weighted by Crippen LogP contribution is 2.28. The monoisotopic (exact) mass is 283 g/mol. The van der Waals surface area contributed by atoms with E-state index in [0.29, 0.717) is 6.61 Å². The lowest BCUT2D eigenvalue weighted by molar-refractivity contribution is 0.334. The average Bonchev–Trinajstić information content (AvgIpc) is 2.45. The molecule has 0 fully saturated rings. The minimum absolute atomic E-state index is 0.0476. The van der Waals surface area contributed by atoms with E-state index in [1.165, 1.54) is 22.3 Å². The highest BCUT2D eigenvalue weighted by atomic mass is 16.5. The molecule has 2 N–H and O–H groups in total. The molecule has 0 aliphatic heterocycles. The van der Waals surface area contributed by atoms with Crippen LogP contribution in [0.2, 0.25) is 0 Å². The Morgan fingerprint density at radius 3 is 2.43 bits per heavy atom. The topological polar surface area (TPSA) is 35.2 Å². The molecule has 0 saturated carbocycles. The van der Waals surface area contributed by atoms with Gasteiger partial charge in [0.25, 0.3) is 0 Å². The quantitative estimate of drug-likeness (QED) is 0.890. The summed E-state index contributed by atoms with van der Waals surface area (Å²) in [5, 5.41) is 0. The van der Waals surface area contributed by atoms with Gasteiger partial charge in [0, 0.05) is 11.6 Å². The fraction of sp³-hybridized carbons (Fsp3) is 0.368. The number of hydrogen-bond donors (Lipinski definition) is 1. The molecule has 0 amide bonds. The lowest BCUT2D eigenvalue weighted by atomic mass is 9.95. The predicted octanol–water partition coefficient (Wildman–Crippen LogP) is 4.25. The molecular weight excluding hydrogens is 258 g/mol. The summed E-state index contributed by atoms with van der Waals surface area (Å²) < 4.78 is 5.71. The Hall–Kier alpha value is -1.80. The van der Waals surface area contributed by atoms with Crippen LogP contribution in [0.3, 0.4) is 0 Å². The van der Waals surface area contributed by atoms with Gasteiger partial charge in [-0.1, -0.05) is 35.9 Å². The number of ether oxygens (including phenoxy) is 1. The summed E-state index contributed by atoms with van der Waals surface area (Å²) in [5.41, 5.74) is 12.6. The molecule has 0 radical (unpaired) electrons. The van der Waals surface area contributed by atoms with Gasteiger partial charge < -0.3 is 10.5 Å². The van der Waals surface area contributed by atoms with Crippen LogP contribution in [0, 0.1) is 20.8 Å². The van der Waals surface area contributed by atoms with E-state index in [0.717, 1.165) is 17.7 Å². The number of aryl methyl sites for hydroxylation is 3. The van der Waals surface area contributed by atoms with Crippen molar-refractivity contribution >= 4 is 0 Å². The smallest absolute Gasteiger partial charge is 0.124 e. The van der Waals surface area contributed by atoms with Gasteiger partial charge in [-0.2, -0.15) is 0 Å². The van der Waals surface area contributed by atoms with E-state index in [4.69, 9.17) is 10.5 Å². The van der Waals surface area contributed by atoms with E-state index in [1.54, 1.807) is 0 Å². The van der Waals surface area contributed by atoms with Gasteiger partial charge in [-0.3, -0.25) is 0 Å². The molecule has 0 aliphatic rings. The van der Waals surface area contributed by atoms with Gasteiger partial charge in [0.1, 0.15) is 5.75 Å². The van der Waals surface area contributed by atoms with E-state index in [2.05, 4.69) is 51.1 Å². The summed E-state index contributed by atoms with van der Waals surface area (Å²) in [4.78, 5) is 0. The Kier molecular flexibility index (Phi) is 5.03. The lowest BCUT2D eigenvalue weighted by Crippen LogP contribution is -2.15. The zero-order valence-electron chi connectivity index (χ0n) is 13.4. The summed E-state index contributed by atoms with van der Waals surface area (Å²) >= 11 is 0. The summed E-state index contributed by atoms with van der Waals surface area (Å²) in [6.45, 7) is 9.02. The fourth-order valence-corrected chi connectivity index (χ4v) is 2.54. The van der Waals surface area contributed by atoms with Crippen LogP contribution in [0.4, 0.5) is 0 Å². The van der Waals surface area contributed by atoms with Gasteiger partial charge in [0.05, 0.1) is 6.61 Å². The van der Waals surface area contributed by atoms with Crippen LogP contribution in [0.1, 0.15) is 40.8 Å². The molecule has 2 nitrogen and oxygen atoms in total. The molecule has 1 unspecified atom stereocenters. The Bertz CT molecular complexity index is 619. The molecule has 1 atom stereocenters. The minimum Gasteiger partial charge on any atom is -0.494 e. The van der Waals surface area contributed by atoms with E-state index < -0.39 is 0 Å². The van der Waals surface area contributed by atoms with E-state index in [-0.39, 0.29) is 6.04 Å². The third-order valence-corrected chi connectivity index (χ3v) is 3.89.